The molecule has 9 nitrogen and oxygen atoms in total. The number of aliphatic carboxylic acids is 1. The summed E-state index contributed by atoms with van der Waals surface area (Å²) in [4.78, 5) is 34.0. The summed E-state index contributed by atoms with van der Waals surface area (Å²) >= 11 is 1.09. The Morgan fingerprint density at radius 1 is 1.35 bits per heavy atom. The van der Waals surface area contributed by atoms with Gasteiger partial charge in [0.2, 0.25) is 11.8 Å². The van der Waals surface area contributed by atoms with Gasteiger partial charge in [-0.15, -0.1) is 5.10 Å². The van der Waals surface area contributed by atoms with Gasteiger partial charge in [0.1, 0.15) is 11.0 Å². The number of carboxylic acids is 1. The van der Waals surface area contributed by atoms with Crippen LogP contribution in [0.1, 0.15) is 24.8 Å². The van der Waals surface area contributed by atoms with Gasteiger partial charge in [-0.3, -0.25) is 14.4 Å². The minimum absolute atomic E-state index is 0.0231. The third-order valence-electron chi connectivity index (χ3n) is 3.32. The summed E-state index contributed by atoms with van der Waals surface area (Å²) in [6.45, 7) is 0.246. The van der Waals surface area contributed by atoms with E-state index in [1.807, 2.05) is 0 Å². The van der Waals surface area contributed by atoms with Crippen LogP contribution in [0.3, 0.4) is 0 Å². The molecule has 1 atom stereocenters. The molecule has 1 unspecified atom stereocenters. The van der Waals surface area contributed by atoms with Crippen molar-refractivity contribution >= 4 is 40.9 Å². The van der Waals surface area contributed by atoms with Crippen molar-refractivity contribution in [2.75, 3.05) is 6.54 Å². The van der Waals surface area contributed by atoms with Crippen molar-refractivity contribution in [2.45, 2.75) is 24.5 Å². The molecule has 1 heterocycles. The van der Waals surface area contributed by atoms with Crippen LogP contribution in [0.4, 0.5) is 0 Å². The SMILES string of the molecule is O=C(O)CCCNC(=O)CC1S/C(=N/N=C/c2ccccc2O)NC1=O. The van der Waals surface area contributed by atoms with E-state index in [1.165, 1.54) is 12.3 Å². The molecule has 0 radical (unpaired) electrons. The average molecular weight is 378 g/mol. The Morgan fingerprint density at radius 2 is 2.12 bits per heavy atom. The Bertz CT molecular complexity index is 750. The molecule has 1 aliphatic heterocycles. The molecular weight excluding hydrogens is 360 g/mol. The summed E-state index contributed by atoms with van der Waals surface area (Å²) in [5.74, 6) is -1.53. The predicted octanol–water partition coefficient (Wildman–Crippen LogP) is 0.685. The summed E-state index contributed by atoms with van der Waals surface area (Å²) in [7, 11) is 0. The number of nitrogens with zero attached hydrogens (tertiary/aromatic N) is 2. The van der Waals surface area contributed by atoms with E-state index in [-0.39, 0.29) is 42.1 Å². The number of phenols is 1. The van der Waals surface area contributed by atoms with Crippen molar-refractivity contribution in [1.29, 1.82) is 0 Å². The number of amides is 2. The van der Waals surface area contributed by atoms with Gasteiger partial charge in [0.15, 0.2) is 5.17 Å². The fourth-order valence-electron chi connectivity index (χ4n) is 2.03. The summed E-state index contributed by atoms with van der Waals surface area (Å²) in [6, 6.07) is 6.61. The number of thioether (sulfide) groups is 1. The number of rotatable bonds is 8. The molecule has 2 rings (SSSR count). The molecule has 138 valence electrons. The van der Waals surface area contributed by atoms with Crippen LogP contribution in [0, 0.1) is 0 Å². The Morgan fingerprint density at radius 3 is 2.85 bits per heavy atom. The minimum Gasteiger partial charge on any atom is -0.507 e. The number of carbonyl (C=O) groups excluding carboxylic acids is 2. The number of amidine groups is 1. The second-order valence-electron chi connectivity index (χ2n) is 5.36. The molecule has 10 heteroatoms. The highest BCUT2D eigenvalue weighted by atomic mass is 32.2. The molecule has 4 N–H and O–H groups in total. The van der Waals surface area contributed by atoms with E-state index in [0.29, 0.717) is 12.0 Å². The van der Waals surface area contributed by atoms with Crippen molar-refractivity contribution in [1.82, 2.24) is 10.6 Å². The van der Waals surface area contributed by atoms with Crippen LogP contribution >= 0.6 is 11.8 Å². The number of nitrogens with one attached hydrogen (secondary N) is 2. The highest BCUT2D eigenvalue weighted by Gasteiger charge is 2.32. The lowest BCUT2D eigenvalue weighted by Gasteiger charge is -2.06. The predicted molar refractivity (Wildman–Crippen MR) is 97.2 cm³/mol. The molecule has 2 amide bonds. The highest BCUT2D eigenvalue weighted by Crippen LogP contribution is 2.22. The molecule has 0 aromatic heterocycles. The maximum Gasteiger partial charge on any atom is 0.303 e. The third-order valence-corrected chi connectivity index (χ3v) is 4.39. The van der Waals surface area contributed by atoms with E-state index in [0.717, 1.165) is 11.8 Å². The number of para-hydroxylation sites is 1. The van der Waals surface area contributed by atoms with Crippen molar-refractivity contribution in [2.24, 2.45) is 10.2 Å². The molecule has 1 aromatic carbocycles. The lowest BCUT2D eigenvalue weighted by atomic mass is 10.2. The van der Waals surface area contributed by atoms with Crippen molar-refractivity contribution in [3.8, 4) is 5.75 Å². The van der Waals surface area contributed by atoms with Crippen LogP contribution in [-0.2, 0) is 14.4 Å². The topological polar surface area (TPSA) is 140 Å². The minimum atomic E-state index is -0.921. The number of benzene rings is 1. The number of phenolic OH excluding ortho intramolecular Hbond substituents is 1. The van der Waals surface area contributed by atoms with Gasteiger partial charge in [-0.25, -0.2) is 0 Å². The number of hydrogen-bond acceptors (Lipinski definition) is 7. The zero-order valence-electron chi connectivity index (χ0n) is 13.7. The summed E-state index contributed by atoms with van der Waals surface area (Å²) in [5, 5.41) is 30.6. The average Bonchev–Trinajstić information content (AvgIpc) is 2.93. The largest absolute Gasteiger partial charge is 0.507 e. The van der Waals surface area contributed by atoms with Crippen LogP contribution in [-0.4, -0.2) is 51.2 Å². The van der Waals surface area contributed by atoms with Crippen LogP contribution < -0.4 is 10.6 Å². The van der Waals surface area contributed by atoms with Gasteiger partial charge >= 0.3 is 5.97 Å². The van der Waals surface area contributed by atoms with Crippen LogP contribution in [0.2, 0.25) is 0 Å². The molecular formula is C16H18N4O5S. The van der Waals surface area contributed by atoms with Crippen LogP contribution in [0.25, 0.3) is 0 Å². The standard InChI is InChI=1S/C16H18N4O5S/c21-11-5-2-1-4-10(11)9-18-20-16-19-15(25)12(26-16)8-13(22)17-7-3-6-14(23)24/h1-2,4-5,9,12,21H,3,6-8H2,(H,17,22)(H,23,24)(H,19,20,25)/b18-9+. The van der Waals surface area contributed by atoms with Gasteiger partial charge in [-0.05, 0) is 18.6 Å². The first-order chi connectivity index (χ1) is 12.5. The summed E-state index contributed by atoms with van der Waals surface area (Å²) in [5.41, 5.74) is 0.489. The van der Waals surface area contributed by atoms with Crippen molar-refractivity contribution < 1.29 is 24.6 Å². The monoisotopic (exact) mass is 378 g/mol. The Balaban J connectivity index is 1.81. The van der Waals surface area contributed by atoms with Gasteiger partial charge in [0, 0.05) is 24.9 Å². The second-order valence-corrected chi connectivity index (χ2v) is 6.55. The fraction of sp³-hybridized carbons (Fsp3) is 0.312. The lowest BCUT2D eigenvalue weighted by molar-refractivity contribution is -0.137. The lowest BCUT2D eigenvalue weighted by Crippen LogP contribution is -2.31. The zero-order chi connectivity index (χ0) is 18.9. The molecule has 1 aromatic rings. The van der Waals surface area contributed by atoms with E-state index in [4.69, 9.17) is 5.11 Å². The molecule has 0 saturated carbocycles. The third kappa shape index (κ3) is 6.20. The first-order valence-corrected chi connectivity index (χ1v) is 8.68. The quantitative estimate of drug-likeness (QED) is 0.298. The van der Waals surface area contributed by atoms with Gasteiger partial charge in [0.25, 0.3) is 0 Å². The van der Waals surface area contributed by atoms with Crippen LogP contribution in [0.15, 0.2) is 34.5 Å². The van der Waals surface area contributed by atoms with Gasteiger partial charge in [-0.1, -0.05) is 23.9 Å². The smallest absolute Gasteiger partial charge is 0.303 e. The Hall–Kier alpha value is -2.88. The van der Waals surface area contributed by atoms with E-state index in [2.05, 4.69) is 20.8 Å². The van der Waals surface area contributed by atoms with E-state index in [1.54, 1.807) is 18.2 Å². The molecule has 0 aliphatic carbocycles. The van der Waals surface area contributed by atoms with Crippen molar-refractivity contribution in [3.05, 3.63) is 29.8 Å². The fourth-order valence-corrected chi connectivity index (χ4v) is 2.96. The first-order valence-electron chi connectivity index (χ1n) is 7.80. The molecule has 0 bridgehead atoms. The van der Waals surface area contributed by atoms with E-state index >= 15 is 0 Å². The maximum atomic E-state index is 11.9. The molecule has 0 spiro atoms. The Labute approximate surface area is 153 Å². The summed E-state index contributed by atoms with van der Waals surface area (Å²) < 4.78 is 0. The zero-order valence-corrected chi connectivity index (χ0v) is 14.5. The van der Waals surface area contributed by atoms with Crippen LogP contribution in [0.5, 0.6) is 5.75 Å². The summed E-state index contributed by atoms with van der Waals surface area (Å²) in [6.07, 6.45) is 1.63. The normalized spacial score (nSPS) is 18.2. The second kappa shape index (κ2) is 9.56. The highest BCUT2D eigenvalue weighted by molar-refractivity contribution is 8.15. The van der Waals surface area contributed by atoms with E-state index in [9.17, 15) is 19.5 Å². The van der Waals surface area contributed by atoms with Gasteiger partial charge < -0.3 is 20.8 Å². The molecule has 1 fully saturated rings. The molecule has 1 saturated heterocycles. The molecule has 1 aliphatic rings. The number of aromatic hydroxyl groups is 1. The number of hydrogen-bond donors (Lipinski definition) is 4. The van der Waals surface area contributed by atoms with Gasteiger partial charge in [0.05, 0.1) is 6.21 Å². The number of carboxylic acid groups (broad SMARTS) is 1. The Kier molecular flexibility index (Phi) is 7.15. The first kappa shape index (κ1) is 19.4. The number of carbonyl (C=O) groups is 3. The maximum absolute atomic E-state index is 11.9. The van der Waals surface area contributed by atoms with Crippen molar-refractivity contribution in [3.63, 3.8) is 0 Å². The molecule has 26 heavy (non-hydrogen) atoms. The van der Waals surface area contributed by atoms with E-state index < -0.39 is 11.2 Å². The van der Waals surface area contributed by atoms with Gasteiger partial charge in [-0.2, -0.15) is 5.10 Å².